The van der Waals surface area contributed by atoms with E-state index in [4.69, 9.17) is 9.15 Å². The van der Waals surface area contributed by atoms with Crippen LogP contribution >= 0.6 is 0 Å². The van der Waals surface area contributed by atoms with Crippen LogP contribution in [0.15, 0.2) is 40.8 Å². The maximum absolute atomic E-state index is 13.7. The summed E-state index contributed by atoms with van der Waals surface area (Å²) in [5.41, 5.74) is 0.151. The van der Waals surface area contributed by atoms with Gasteiger partial charge < -0.3 is 9.15 Å². The molecule has 0 spiro atoms. The summed E-state index contributed by atoms with van der Waals surface area (Å²) < 4.78 is 49.7. The number of esters is 1. The molecule has 0 atom stereocenters. The second-order valence-corrected chi connectivity index (χ2v) is 5.30. The minimum atomic E-state index is -1.18. The zero-order valence-electron chi connectivity index (χ0n) is 12.9. The molecule has 0 amide bonds. The SMILES string of the molecule is Cc1c(C(=O)OCC(=O)c2ccc(F)c(F)c2)oc2c(F)cccc12. The highest BCUT2D eigenvalue weighted by molar-refractivity contribution is 6.00. The summed E-state index contributed by atoms with van der Waals surface area (Å²) in [5, 5.41) is 0.416. The number of hydrogen-bond acceptors (Lipinski definition) is 4. The minimum absolute atomic E-state index is 0.0844. The quantitative estimate of drug-likeness (QED) is 0.524. The third-order valence-corrected chi connectivity index (χ3v) is 3.68. The molecule has 0 aliphatic rings. The monoisotopic (exact) mass is 348 g/mol. The van der Waals surface area contributed by atoms with Crippen LogP contribution in [-0.4, -0.2) is 18.4 Å². The second-order valence-electron chi connectivity index (χ2n) is 5.30. The Morgan fingerprint density at radius 3 is 2.48 bits per heavy atom. The third-order valence-electron chi connectivity index (χ3n) is 3.68. The van der Waals surface area contributed by atoms with Crippen molar-refractivity contribution in [1.29, 1.82) is 0 Å². The Kier molecular flexibility index (Phi) is 4.31. The van der Waals surface area contributed by atoms with Crippen LogP contribution < -0.4 is 0 Å². The van der Waals surface area contributed by atoms with Gasteiger partial charge in [-0.25, -0.2) is 18.0 Å². The number of ketones is 1. The molecule has 0 aliphatic carbocycles. The van der Waals surface area contributed by atoms with Crippen LogP contribution in [0.5, 0.6) is 0 Å². The summed E-state index contributed by atoms with van der Waals surface area (Å²) in [6.07, 6.45) is 0. The lowest BCUT2D eigenvalue weighted by Gasteiger charge is -2.04. The third kappa shape index (κ3) is 3.13. The van der Waals surface area contributed by atoms with Crippen molar-refractivity contribution in [3.05, 3.63) is 70.7 Å². The fourth-order valence-electron chi connectivity index (χ4n) is 2.35. The van der Waals surface area contributed by atoms with Gasteiger partial charge in [-0.15, -0.1) is 0 Å². The van der Waals surface area contributed by atoms with E-state index >= 15 is 0 Å². The van der Waals surface area contributed by atoms with Gasteiger partial charge in [0, 0.05) is 16.5 Å². The number of aryl methyl sites for hydroxylation is 1. The van der Waals surface area contributed by atoms with Crippen LogP contribution in [-0.2, 0) is 4.74 Å². The molecule has 0 saturated heterocycles. The number of carbonyl (C=O) groups is 2. The molecule has 3 rings (SSSR count). The maximum Gasteiger partial charge on any atom is 0.375 e. The Bertz CT molecular complexity index is 991. The summed E-state index contributed by atoms with van der Waals surface area (Å²) in [6, 6.07) is 6.84. The zero-order chi connectivity index (χ0) is 18.1. The molecule has 0 radical (unpaired) electrons. The van der Waals surface area contributed by atoms with E-state index in [1.54, 1.807) is 13.0 Å². The normalized spacial score (nSPS) is 10.9. The summed E-state index contributed by atoms with van der Waals surface area (Å²) in [7, 11) is 0. The summed E-state index contributed by atoms with van der Waals surface area (Å²) in [5.74, 6) is -4.79. The van der Waals surface area contributed by atoms with Crippen LogP contribution in [0.1, 0.15) is 26.5 Å². The first kappa shape index (κ1) is 16.8. The van der Waals surface area contributed by atoms with E-state index in [0.717, 1.165) is 12.1 Å². The first-order valence-corrected chi connectivity index (χ1v) is 7.21. The van der Waals surface area contributed by atoms with Gasteiger partial charge in [-0.2, -0.15) is 0 Å². The molecular formula is C18H11F3O4. The van der Waals surface area contributed by atoms with Crippen molar-refractivity contribution >= 4 is 22.7 Å². The van der Waals surface area contributed by atoms with E-state index < -0.39 is 35.8 Å². The number of fused-ring (bicyclic) bond motifs is 1. The van der Waals surface area contributed by atoms with Crippen molar-refractivity contribution in [3.63, 3.8) is 0 Å². The molecule has 3 aromatic rings. The van der Waals surface area contributed by atoms with Crippen LogP contribution in [0.25, 0.3) is 11.0 Å². The fourth-order valence-corrected chi connectivity index (χ4v) is 2.35. The van der Waals surface area contributed by atoms with E-state index in [2.05, 4.69) is 0 Å². The number of furan rings is 1. The Labute approximate surface area is 139 Å². The van der Waals surface area contributed by atoms with Gasteiger partial charge in [0.1, 0.15) is 0 Å². The molecule has 0 N–H and O–H groups in total. The topological polar surface area (TPSA) is 56.5 Å². The van der Waals surface area contributed by atoms with Crippen molar-refractivity contribution in [1.82, 2.24) is 0 Å². The standard InChI is InChI=1S/C18H11F3O4/c1-9-11-3-2-4-13(20)17(11)25-16(9)18(23)24-8-15(22)10-5-6-12(19)14(21)7-10/h2-7H,8H2,1H3. The Hall–Kier alpha value is -3.09. The number of carbonyl (C=O) groups excluding carboxylic acids is 2. The molecule has 2 aromatic carbocycles. The van der Waals surface area contributed by atoms with Crippen molar-refractivity contribution in [2.75, 3.05) is 6.61 Å². The molecule has 4 nitrogen and oxygen atoms in total. The van der Waals surface area contributed by atoms with E-state index in [0.29, 0.717) is 17.0 Å². The summed E-state index contributed by atoms with van der Waals surface area (Å²) in [6.45, 7) is 0.863. The number of para-hydroxylation sites is 1. The highest BCUT2D eigenvalue weighted by atomic mass is 19.2. The number of benzene rings is 2. The summed E-state index contributed by atoms with van der Waals surface area (Å²) >= 11 is 0. The number of hydrogen-bond donors (Lipinski definition) is 0. The van der Waals surface area contributed by atoms with Gasteiger partial charge in [0.2, 0.25) is 5.76 Å². The smallest absolute Gasteiger partial charge is 0.375 e. The largest absolute Gasteiger partial charge is 0.451 e. The van der Waals surface area contributed by atoms with Gasteiger partial charge in [-0.1, -0.05) is 12.1 Å². The zero-order valence-corrected chi connectivity index (χ0v) is 12.9. The molecule has 0 aliphatic heterocycles. The van der Waals surface area contributed by atoms with Crippen molar-refractivity contribution in [2.24, 2.45) is 0 Å². The van der Waals surface area contributed by atoms with E-state index in [-0.39, 0.29) is 16.9 Å². The first-order valence-electron chi connectivity index (χ1n) is 7.21. The second kappa shape index (κ2) is 6.43. The van der Waals surface area contributed by atoms with Gasteiger partial charge in [-0.3, -0.25) is 4.79 Å². The molecule has 25 heavy (non-hydrogen) atoms. The van der Waals surface area contributed by atoms with Crippen LogP contribution in [0, 0.1) is 24.4 Å². The fraction of sp³-hybridized carbons (Fsp3) is 0.111. The van der Waals surface area contributed by atoms with Gasteiger partial charge in [-0.05, 0) is 31.2 Å². The molecule has 0 bridgehead atoms. The lowest BCUT2D eigenvalue weighted by molar-refractivity contribution is 0.0445. The average molecular weight is 348 g/mol. The number of rotatable bonds is 4. The summed E-state index contributed by atoms with van der Waals surface area (Å²) in [4.78, 5) is 24.0. The highest BCUT2D eigenvalue weighted by Gasteiger charge is 2.22. The molecule has 1 heterocycles. The highest BCUT2D eigenvalue weighted by Crippen LogP contribution is 2.27. The number of halogens is 3. The van der Waals surface area contributed by atoms with Crippen LogP contribution in [0.4, 0.5) is 13.2 Å². The molecule has 1 aromatic heterocycles. The van der Waals surface area contributed by atoms with Crippen LogP contribution in [0.3, 0.4) is 0 Å². The average Bonchev–Trinajstić information content (AvgIpc) is 2.93. The molecular weight excluding hydrogens is 337 g/mol. The van der Waals surface area contributed by atoms with Gasteiger partial charge in [0.25, 0.3) is 0 Å². The van der Waals surface area contributed by atoms with Crippen molar-refractivity contribution < 1.29 is 31.9 Å². The lowest BCUT2D eigenvalue weighted by Crippen LogP contribution is -2.14. The van der Waals surface area contributed by atoms with Crippen molar-refractivity contribution in [3.8, 4) is 0 Å². The molecule has 128 valence electrons. The minimum Gasteiger partial charge on any atom is -0.451 e. The maximum atomic E-state index is 13.7. The lowest BCUT2D eigenvalue weighted by atomic mass is 10.1. The van der Waals surface area contributed by atoms with E-state index in [9.17, 15) is 22.8 Å². The number of Topliss-reactive ketones (excluding diaryl/α,β-unsaturated/α-hetero) is 1. The molecule has 0 fully saturated rings. The predicted molar refractivity (Wildman–Crippen MR) is 81.9 cm³/mol. The molecule has 7 heteroatoms. The molecule has 0 unspecified atom stereocenters. The molecule has 0 saturated carbocycles. The van der Waals surface area contributed by atoms with E-state index in [1.807, 2.05) is 0 Å². The Morgan fingerprint density at radius 1 is 1.04 bits per heavy atom. The first-order chi connectivity index (χ1) is 11.9. The Morgan fingerprint density at radius 2 is 1.80 bits per heavy atom. The van der Waals surface area contributed by atoms with Gasteiger partial charge in [0.05, 0.1) is 0 Å². The van der Waals surface area contributed by atoms with Gasteiger partial charge in [0.15, 0.2) is 35.4 Å². The van der Waals surface area contributed by atoms with Gasteiger partial charge >= 0.3 is 5.97 Å². The van der Waals surface area contributed by atoms with Crippen molar-refractivity contribution in [2.45, 2.75) is 6.92 Å². The van der Waals surface area contributed by atoms with Crippen LogP contribution in [0.2, 0.25) is 0 Å². The predicted octanol–water partition coefficient (Wildman–Crippen LogP) is 4.20. The van der Waals surface area contributed by atoms with E-state index in [1.165, 1.54) is 12.1 Å². The Balaban J connectivity index is 1.76. The number of ether oxygens (including phenoxy) is 1.